The summed E-state index contributed by atoms with van der Waals surface area (Å²) >= 11 is 0. The van der Waals surface area contributed by atoms with Crippen molar-refractivity contribution in [3.8, 4) is 11.1 Å². The summed E-state index contributed by atoms with van der Waals surface area (Å²) in [6, 6.07) is 11.2. The van der Waals surface area contributed by atoms with E-state index in [1.807, 2.05) is 16.9 Å². The Morgan fingerprint density at radius 1 is 1.09 bits per heavy atom. The molecule has 10 heteroatoms. The molecule has 6 rings (SSSR count). The van der Waals surface area contributed by atoms with Crippen LogP contribution in [0.1, 0.15) is 27.7 Å². The minimum atomic E-state index is -1.78. The van der Waals surface area contributed by atoms with Gasteiger partial charge in [0.15, 0.2) is 0 Å². The SMILES string of the molecule is [B]C1([B])c2ncccc2C(=O)N1Cc1c(F)cc(-c2cccc3nn(C4COC4)cc23)cc1F. The number of aromatic nitrogens is 3. The van der Waals surface area contributed by atoms with Crippen LogP contribution in [0.5, 0.6) is 0 Å². The van der Waals surface area contributed by atoms with Crippen molar-refractivity contribution in [2.75, 3.05) is 13.2 Å². The van der Waals surface area contributed by atoms with E-state index in [0.29, 0.717) is 24.3 Å². The largest absolute Gasteiger partial charge is 0.377 e. The highest BCUT2D eigenvalue weighted by atomic mass is 19.1. The average molecular weight is 452 g/mol. The molecule has 164 valence electrons. The highest BCUT2D eigenvalue weighted by Gasteiger charge is 2.43. The molecule has 2 aliphatic rings. The van der Waals surface area contributed by atoms with Gasteiger partial charge >= 0.3 is 0 Å². The van der Waals surface area contributed by atoms with Gasteiger partial charge in [-0.05, 0) is 41.5 Å². The summed E-state index contributed by atoms with van der Waals surface area (Å²) < 4.78 is 37.5. The second kappa shape index (κ2) is 7.50. The molecule has 4 radical (unpaired) electrons. The van der Waals surface area contributed by atoms with Crippen molar-refractivity contribution in [3.05, 3.63) is 83.3 Å². The Kier molecular flexibility index (Phi) is 4.64. The lowest BCUT2D eigenvalue weighted by molar-refractivity contribution is -0.0283. The summed E-state index contributed by atoms with van der Waals surface area (Å²) in [5.74, 6) is -2.15. The van der Waals surface area contributed by atoms with Crippen molar-refractivity contribution < 1.29 is 18.3 Å². The molecule has 2 aromatic heterocycles. The fraction of sp³-hybridized carbons (Fsp3) is 0.208. The number of halogens is 2. The van der Waals surface area contributed by atoms with Gasteiger partial charge in [0.2, 0.25) is 0 Å². The van der Waals surface area contributed by atoms with E-state index in [2.05, 4.69) is 10.1 Å². The molecule has 0 atom stereocenters. The number of benzene rings is 2. The first-order valence-corrected chi connectivity index (χ1v) is 10.7. The van der Waals surface area contributed by atoms with Crippen molar-refractivity contribution >= 4 is 32.5 Å². The van der Waals surface area contributed by atoms with Crippen LogP contribution in [-0.4, -0.2) is 54.5 Å². The summed E-state index contributed by atoms with van der Waals surface area (Å²) in [7, 11) is 12.3. The number of fused-ring (bicyclic) bond motifs is 2. The molecule has 0 unspecified atom stereocenters. The van der Waals surface area contributed by atoms with Crippen LogP contribution in [-0.2, 0) is 16.6 Å². The maximum Gasteiger partial charge on any atom is 0.255 e. The van der Waals surface area contributed by atoms with Gasteiger partial charge in [0.1, 0.15) is 11.6 Å². The minimum absolute atomic E-state index is 0.153. The lowest BCUT2D eigenvalue weighted by atomic mass is 9.59. The Balaban J connectivity index is 1.37. The zero-order valence-electron chi connectivity index (χ0n) is 17.9. The zero-order valence-corrected chi connectivity index (χ0v) is 17.9. The third-order valence-corrected chi connectivity index (χ3v) is 6.44. The normalized spacial score (nSPS) is 17.2. The Morgan fingerprint density at radius 2 is 1.82 bits per heavy atom. The Bertz CT molecular complexity index is 1450. The summed E-state index contributed by atoms with van der Waals surface area (Å²) in [6.07, 6.45) is 3.33. The molecule has 2 aliphatic heterocycles. The van der Waals surface area contributed by atoms with Crippen molar-refractivity contribution in [1.29, 1.82) is 0 Å². The number of rotatable bonds is 4. The number of pyridine rings is 1. The number of hydrogen-bond donors (Lipinski definition) is 0. The number of amides is 1. The van der Waals surface area contributed by atoms with Crippen LogP contribution in [0, 0.1) is 11.6 Å². The molecular weight excluding hydrogens is 436 g/mol. The first-order chi connectivity index (χ1) is 16.3. The summed E-state index contributed by atoms with van der Waals surface area (Å²) in [4.78, 5) is 17.9. The quantitative estimate of drug-likeness (QED) is 0.447. The first-order valence-electron chi connectivity index (χ1n) is 10.7. The van der Waals surface area contributed by atoms with E-state index < -0.39 is 29.4 Å². The molecule has 1 amide bonds. The van der Waals surface area contributed by atoms with Gasteiger partial charge in [-0.15, -0.1) is 0 Å². The molecule has 0 N–H and O–H groups in total. The Hall–Kier alpha value is -3.52. The van der Waals surface area contributed by atoms with E-state index in [1.54, 1.807) is 18.2 Å². The van der Waals surface area contributed by atoms with E-state index in [-0.39, 0.29) is 22.9 Å². The smallest absolute Gasteiger partial charge is 0.255 e. The Labute approximate surface area is 196 Å². The van der Waals surface area contributed by atoms with E-state index in [4.69, 9.17) is 20.4 Å². The lowest BCUT2D eigenvalue weighted by Gasteiger charge is -2.33. The number of nitrogens with zero attached hydrogens (tertiary/aromatic N) is 4. The molecule has 2 aromatic carbocycles. The van der Waals surface area contributed by atoms with Gasteiger partial charge < -0.3 is 9.64 Å². The van der Waals surface area contributed by atoms with Crippen LogP contribution in [0.15, 0.2) is 54.9 Å². The van der Waals surface area contributed by atoms with Crippen molar-refractivity contribution in [1.82, 2.24) is 19.7 Å². The highest BCUT2D eigenvalue weighted by molar-refractivity contribution is 6.42. The molecule has 0 aliphatic carbocycles. The molecule has 1 saturated heterocycles. The minimum Gasteiger partial charge on any atom is -0.377 e. The van der Waals surface area contributed by atoms with Crippen molar-refractivity contribution in [3.63, 3.8) is 0 Å². The van der Waals surface area contributed by atoms with E-state index >= 15 is 8.78 Å². The lowest BCUT2D eigenvalue weighted by Crippen LogP contribution is -2.45. The third kappa shape index (κ3) is 3.09. The molecule has 0 bridgehead atoms. The summed E-state index contributed by atoms with van der Waals surface area (Å²) in [5, 5.41) is 3.56. The number of carbonyl (C=O) groups excluding carboxylic acids is 1. The second-order valence-electron chi connectivity index (χ2n) is 8.57. The van der Waals surface area contributed by atoms with E-state index in [9.17, 15) is 4.79 Å². The molecule has 6 nitrogen and oxygen atoms in total. The van der Waals surface area contributed by atoms with Crippen LogP contribution in [0.3, 0.4) is 0 Å². The standard InChI is InChI=1S/C24H16B2F2N4O2/c25-24(26)22-16(4-2-6-29-22)23(33)31(24)9-18-19(27)7-13(8-20(18)28)15-3-1-5-21-17(15)10-32(30-21)14-11-34-12-14/h1-8,10,14H,9,11-12H2. The molecule has 0 spiro atoms. The van der Waals surface area contributed by atoms with Gasteiger partial charge in [0, 0.05) is 28.7 Å². The van der Waals surface area contributed by atoms with Gasteiger partial charge in [0.05, 0.1) is 58.3 Å². The van der Waals surface area contributed by atoms with Crippen LogP contribution in [0.25, 0.3) is 22.0 Å². The summed E-state index contributed by atoms with van der Waals surface area (Å²) in [6.45, 7) is 0.725. The fourth-order valence-electron chi connectivity index (χ4n) is 4.48. The van der Waals surface area contributed by atoms with Crippen LogP contribution < -0.4 is 0 Å². The second-order valence-corrected chi connectivity index (χ2v) is 8.57. The maximum absolute atomic E-state index is 15.2. The molecule has 0 saturated carbocycles. The van der Waals surface area contributed by atoms with Crippen LogP contribution in [0.2, 0.25) is 0 Å². The van der Waals surface area contributed by atoms with E-state index in [0.717, 1.165) is 15.8 Å². The number of hydrogen-bond acceptors (Lipinski definition) is 4. The number of ether oxygens (including phenoxy) is 1. The first kappa shape index (κ1) is 21.0. The Morgan fingerprint density at radius 3 is 2.50 bits per heavy atom. The molecule has 4 aromatic rings. The van der Waals surface area contributed by atoms with Gasteiger partial charge in [-0.1, -0.05) is 12.1 Å². The molecule has 34 heavy (non-hydrogen) atoms. The predicted molar refractivity (Wildman–Crippen MR) is 122 cm³/mol. The fourth-order valence-corrected chi connectivity index (χ4v) is 4.48. The van der Waals surface area contributed by atoms with Gasteiger partial charge in [-0.25, -0.2) is 8.78 Å². The third-order valence-electron chi connectivity index (χ3n) is 6.44. The predicted octanol–water partition coefficient (Wildman–Crippen LogP) is 3.05. The summed E-state index contributed by atoms with van der Waals surface area (Å²) in [5.41, 5.74) is 1.80. The molecule has 1 fully saturated rings. The van der Waals surface area contributed by atoms with Crippen molar-refractivity contribution in [2.24, 2.45) is 0 Å². The monoisotopic (exact) mass is 452 g/mol. The zero-order chi connectivity index (χ0) is 23.6. The van der Waals surface area contributed by atoms with Crippen molar-refractivity contribution in [2.45, 2.75) is 17.9 Å². The molecule has 4 heterocycles. The van der Waals surface area contributed by atoms with Gasteiger partial charge in [0.25, 0.3) is 5.91 Å². The molecular formula is C24H16B2F2N4O2. The van der Waals surface area contributed by atoms with Crippen LogP contribution in [0.4, 0.5) is 8.78 Å². The average Bonchev–Trinajstić information content (AvgIpc) is 3.27. The van der Waals surface area contributed by atoms with E-state index in [1.165, 1.54) is 24.4 Å². The topological polar surface area (TPSA) is 60.2 Å². The van der Waals surface area contributed by atoms with Gasteiger partial charge in [-0.3, -0.25) is 14.5 Å². The number of carbonyl (C=O) groups is 1. The van der Waals surface area contributed by atoms with Crippen LogP contribution >= 0.6 is 0 Å². The highest BCUT2D eigenvalue weighted by Crippen LogP contribution is 2.36. The van der Waals surface area contributed by atoms with Gasteiger partial charge in [-0.2, -0.15) is 5.10 Å². The maximum atomic E-state index is 15.2.